The minimum absolute atomic E-state index is 0.0910. The Morgan fingerprint density at radius 2 is 1.30 bits per heavy atom. The van der Waals surface area contributed by atoms with Crippen molar-refractivity contribution in [2.75, 3.05) is 0 Å². The summed E-state index contributed by atoms with van der Waals surface area (Å²) in [7, 11) is 0. The molecule has 0 aromatic heterocycles. The van der Waals surface area contributed by atoms with Gasteiger partial charge in [0.25, 0.3) is 0 Å². The van der Waals surface area contributed by atoms with Gasteiger partial charge in [0.05, 0.1) is 11.7 Å². The molecule has 0 aromatic rings. The summed E-state index contributed by atoms with van der Waals surface area (Å²) >= 11 is 0. The molecule has 234 valence electrons. The average molecular weight is 585 g/mol. The molecule has 2 rings (SSSR count). The van der Waals surface area contributed by atoms with Gasteiger partial charge in [-0.15, -0.1) is 0 Å². The van der Waals surface area contributed by atoms with E-state index in [9.17, 15) is 15.3 Å². The summed E-state index contributed by atoms with van der Waals surface area (Å²) in [5, 5.41) is 32.4. The second-order valence-corrected chi connectivity index (χ2v) is 14.1. The fourth-order valence-electron chi connectivity index (χ4n) is 6.19. The predicted molar refractivity (Wildman–Crippen MR) is 184 cm³/mol. The van der Waals surface area contributed by atoms with Gasteiger partial charge in [0.15, 0.2) is 0 Å². The molecule has 0 aliphatic heterocycles. The summed E-state index contributed by atoms with van der Waals surface area (Å²) in [5.41, 5.74) is 3.74. The first-order valence-electron chi connectivity index (χ1n) is 15.7. The van der Waals surface area contributed by atoms with Gasteiger partial charge in [-0.1, -0.05) is 129 Å². The van der Waals surface area contributed by atoms with Gasteiger partial charge in [-0.3, -0.25) is 0 Å². The average Bonchev–Trinajstić information content (AvgIpc) is 2.87. The van der Waals surface area contributed by atoms with Crippen molar-refractivity contribution in [2.24, 2.45) is 10.8 Å². The number of aliphatic hydroxyl groups excluding tert-OH is 1. The normalized spacial score (nSPS) is 29.3. The largest absolute Gasteiger partial charge is 0.393 e. The maximum absolute atomic E-state index is 11.4. The van der Waals surface area contributed by atoms with Gasteiger partial charge in [0.2, 0.25) is 0 Å². The predicted octanol–water partition coefficient (Wildman–Crippen LogP) is 9.19. The SMILES string of the molecule is CC1=C(C#C/C(C)=C/C=C/C(C)=C/C=C/C=C(C)/C=C/C=C(C)/C=C/[C@@]2(O)C(C)(C)CCC[C@@]2(C)O)C(C)(C)C[C@H](O)C1. The Kier molecular flexibility index (Phi) is 12.8. The van der Waals surface area contributed by atoms with E-state index in [4.69, 9.17) is 0 Å². The molecule has 1 fully saturated rings. The molecule has 0 heterocycles. The van der Waals surface area contributed by atoms with Crippen LogP contribution in [0.5, 0.6) is 0 Å². The van der Waals surface area contributed by atoms with Crippen LogP contribution in [-0.2, 0) is 0 Å². The van der Waals surface area contributed by atoms with E-state index >= 15 is 0 Å². The van der Waals surface area contributed by atoms with Crippen LogP contribution in [0.4, 0.5) is 0 Å². The zero-order valence-corrected chi connectivity index (χ0v) is 28.4. The summed E-state index contributed by atoms with van der Waals surface area (Å²) in [6, 6.07) is 0. The van der Waals surface area contributed by atoms with Crippen LogP contribution in [0.3, 0.4) is 0 Å². The molecule has 0 aromatic carbocycles. The molecule has 3 nitrogen and oxygen atoms in total. The lowest BCUT2D eigenvalue weighted by Gasteiger charge is -2.53. The third-order valence-electron chi connectivity index (χ3n) is 8.93. The standard InChI is InChI=1S/C40H56O3/c1-30(18-13-20-32(3)22-23-36-34(5)28-35(41)29-37(36,6)7)16-11-12-17-31(2)19-14-21-33(4)24-27-40(43)38(8,9)25-15-26-39(40,10)42/h11-14,16-21,24,27,35,41-43H,15,25-26,28-29H2,1-10H3/b12-11+,18-13+,19-14+,27-24+,30-16+,31-17+,32-20+,33-21+/t35-,39-,40-/m1/s1. The highest BCUT2D eigenvalue weighted by atomic mass is 16.4. The van der Waals surface area contributed by atoms with Crippen LogP contribution in [0.25, 0.3) is 0 Å². The van der Waals surface area contributed by atoms with Crippen molar-refractivity contribution in [1.29, 1.82) is 0 Å². The maximum atomic E-state index is 11.4. The number of hydrogen-bond donors (Lipinski definition) is 3. The first-order chi connectivity index (χ1) is 19.9. The fourth-order valence-corrected chi connectivity index (χ4v) is 6.19. The van der Waals surface area contributed by atoms with Crippen molar-refractivity contribution >= 4 is 0 Å². The van der Waals surface area contributed by atoms with E-state index in [1.165, 1.54) is 5.57 Å². The van der Waals surface area contributed by atoms with Gasteiger partial charge in [0.1, 0.15) is 5.60 Å². The zero-order valence-electron chi connectivity index (χ0n) is 28.4. The molecule has 0 amide bonds. The van der Waals surface area contributed by atoms with E-state index in [1.54, 1.807) is 13.0 Å². The molecule has 2 aliphatic carbocycles. The highest BCUT2D eigenvalue weighted by molar-refractivity contribution is 5.45. The summed E-state index contributed by atoms with van der Waals surface area (Å²) < 4.78 is 0. The lowest BCUT2D eigenvalue weighted by Crippen LogP contribution is -2.62. The minimum Gasteiger partial charge on any atom is -0.393 e. The van der Waals surface area contributed by atoms with E-state index < -0.39 is 16.6 Å². The highest BCUT2D eigenvalue weighted by Crippen LogP contribution is 2.50. The zero-order chi connectivity index (χ0) is 32.5. The summed E-state index contributed by atoms with van der Waals surface area (Å²) in [5.74, 6) is 6.66. The highest BCUT2D eigenvalue weighted by Gasteiger charge is 2.56. The van der Waals surface area contributed by atoms with E-state index in [-0.39, 0.29) is 11.5 Å². The van der Waals surface area contributed by atoms with Crippen molar-refractivity contribution < 1.29 is 15.3 Å². The molecule has 0 bridgehead atoms. The van der Waals surface area contributed by atoms with Gasteiger partial charge < -0.3 is 15.3 Å². The molecule has 0 radical (unpaired) electrons. The fraction of sp³-hybridized carbons (Fsp3) is 0.500. The molecule has 43 heavy (non-hydrogen) atoms. The molecule has 1 saturated carbocycles. The lowest BCUT2D eigenvalue weighted by atomic mass is 9.58. The van der Waals surface area contributed by atoms with E-state index in [2.05, 4.69) is 70.8 Å². The topological polar surface area (TPSA) is 60.7 Å². The van der Waals surface area contributed by atoms with Gasteiger partial charge in [0, 0.05) is 11.0 Å². The van der Waals surface area contributed by atoms with Crippen molar-refractivity contribution in [3.63, 3.8) is 0 Å². The van der Waals surface area contributed by atoms with Gasteiger partial charge >= 0.3 is 0 Å². The Morgan fingerprint density at radius 3 is 1.86 bits per heavy atom. The van der Waals surface area contributed by atoms with Crippen LogP contribution in [0.1, 0.15) is 101 Å². The quantitative estimate of drug-likeness (QED) is 0.197. The van der Waals surface area contributed by atoms with Crippen molar-refractivity contribution in [3.8, 4) is 11.8 Å². The van der Waals surface area contributed by atoms with Crippen LogP contribution in [-0.4, -0.2) is 32.6 Å². The van der Waals surface area contributed by atoms with Crippen molar-refractivity contribution in [2.45, 2.75) is 119 Å². The third-order valence-corrected chi connectivity index (χ3v) is 8.93. The second-order valence-electron chi connectivity index (χ2n) is 14.1. The first-order valence-corrected chi connectivity index (χ1v) is 15.7. The Hall–Kier alpha value is -2.90. The second kappa shape index (κ2) is 15.2. The molecule has 0 unspecified atom stereocenters. The third kappa shape index (κ3) is 10.4. The number of allylic oxidation sites excluding steroid dienone is 16. The number of hydrogen-bond acceptors (Lipinski definition) is 3. The molecule has 2 aliphatic rings. The molecule has 3 N–H and O–H groups in total. The Labute approximate surface area is 262 Å². The smallest absolute Gasteiger partial charge is 0.116 e. The van der Waals surface area contributed by atoms with Crippen LogP contribution in [0.2, 0.25) is 0 Å². The maximum Gasteiger partial charge on any atom is 0.116 e. The van der Waals surface area contributed by atoms with Gasteiger partial charge in [-0.2, -0.15) is 0 Å². The van der Waals surface area contributed by atoms with E-state index in [0.29, 0.717) is 12.8 Å². The molecule has 0 spiro atoms. The lowest BCUT2D eigenvalue weighted by molar-refractivity contribution is -0.194. The number of rotatable bonds is 8. The van der Waals surface area contributed by atoms with Gasteiger partial charge in [-0.25, -0.2) is 0 Å². The summed E-state index contributed by atoms with van der Waals surface area (Å²) in [6.45, 7) is 20.3. The van der Waals surface area contributed by atoms with Crippen molar-refractivity contribution in [1.82, 2.24) is 0 Å². The van der Waals surface area contributed by atoms with Gasteiger partial charge in [-0.05, 0) is 90.7 Å². The van der Waals surface area contributed by atoms with Crippen LogP contribution in [0.15, 0.2) is 106 Å². The molecule has 3 heteroatoms. The van der Waals surface area contributed by atoms with E-state index in [0.717, 1.165) is 47.1 Å². The molecule has 0 saturated heterocycles. The van der Waals surface area contributed by atoms with Crippen LogP contribution < -0.4 is 0 Å². The Morgan fingerprint density at radius 1 is 0.767 bits per heavy atom. The Bertz CT molecular complexity index is 1320. The number of aliphatic hydroxyl groups is 3. The Balaban J connectivity index is 1.95. The first kappa shape index (κ1) is 36.3. The molecular formula is C40H56O3. The molecule has 3 atom stereocenters. The monoisotopic (exact) mass is 584 g/mol. The summed E-state index contributed by atoms with van der Waals surface area (Å²) in [6.07, 6.45) is 27.7. The molecular weight excluding hydrogens is 528 g/mol. The van der Waals surface area contributed by atoms with E-state index in [1.807, 2.05) is 70.2 Å². The minimum atomic E-state index is -1.27. The summed E-state index contributed by atoms with van der Waals surface area (Å²) in [4.78, 5) is 0. The van der Waals surface area contributed by atoms with Crippen molar-refractivity contribution in [3.05, 3.63) is 106 Å². The van der Waals surface area contributed by atoms with Crippen LogP contribution >= 0.6 is 0 Å². The van der Waals surface area contributed by atoms with Crippen LogP contribution in [0, 0.1) is 22.7 Å².